The van der Waals surface area contributed by atoms with E-state index in [1.54, 1.807) is 26.7 Å². The van der Waals surface area contributed by atoms with Crippen molar-refractivity contribution in [1.29, 1.82) is 0 Å². The summed E-state index contributed by atoms with van der Waals surface area (Å²) in [7, 11) is 3.32. The van der Waals surface area contributed by atoms with Gasteiger partial charge in [-0.05, 0) is 23.3 Å². The van der Waals surface area contributed by atoms with Crippen molar-refractivity contribution in [2.45, 2.75) is 20.4 Å². The maximum absolute atomic E-state index is 12.2. The zero-order chi connectivity index (χ0) is 22.0. The molecule has 0 radical (unpaired) electrons. The first kappa shape index (κ1) is 22.1. The number of carbonyl (C=O) groups is 1. The molecule has 1 aromatic heterocycles. The average molecular weight is 471 g/mol. The molecule has 1 saturated heterocycles. The quantitative estimate of drug-likeness (QED) is 0.374. The van der Waals surface area contributed by atoms with Crippen molar-refractivity contribution in [3.05, 3.63) is 57.9 Å². The molecule has 0 bridgehead atoms. The zero-order valence-corrected chi connectivity index (χ0v) is 20.2. The molecular weight excluding hydrogens is 444 g/mol. The van der Waals surface area contributed by atoms with Crippen LogP contribution in [0.1, 0.15) is 19.4 Å². The van der Waals surface area contributed by atoms with Gasteiger partial charge in [-0.1, -0.05) is 83.1 Å². The Balaban J connectivity index is 1.55. The predicted octanol–water partition coefficient (Wildman–Crippen LogP) is 5.88. The van der Waals surface area contributed by atoms with Crippen LogP contribution in [0.25, 0.3) is 21.6 Å². The summed E-state index contributed by atoms with van der Waals surface area (Å²) in [6.45, 7) is 7.64. The summed E-state index contributed by atoms with van der Waals surface area (Å²) in [6.07, 6.45) is 0. The minimum Gasteiger partial charge on any atom is -0.508 e. The largest absolute Gasteiger partial charge is 0.508 e. The lowest BCUT2D eigenvalue weighted by Gasteiger charge is -2.35. The number of hydrogen-bond donors (Lipinski definition) is 1. The Bertz CT molecular complexity index is 1110. The van der Waals surface area contributed by atoms with Gasteiger partial charge in [0.2, 0.25) is 5.91 Å². The molecule has 4 rings (SSSR count). The first-order chi connectivity index (χ1) is 14.9. The Morgan fingerprint density at radius 2 is 1.74 bits per heavy atom. The van der Waals surface area contributed by atoms with Crippen LogP contribution in [0.5, 0.6) is 5.75 Å². The van der Waals surface area contributed by atoms with Gasteiger partial charge in [0.05, 0.1) is 4.88 Å². The number of amides is 1. The molecule has 0 atom stereocenters. The van der Waals surface area contributed by atoms with Crippen molar-refractivity contribution in [2.75, 3.05) is 26.2 Å². The van der Waals surface area contributed by atoms with E-state index in [-0.39, 0.29) is 11.8 Å². The fourth-order valence-corrected chi connectivity index (χ4v) is 6.81. The summed E-state index contributed by atoms with van der Waals surface area (Å²) < 4.78 is 0.876. The standard InChI is InChI=1S/C24H26N2O2S3/c1-16(2)23(28)26-12-10-25(11-13-26)15-19-14-18(8-9-20(19)27)21-22(30-31-24(21)29)17-6-4-3-5-7-17/h3-9,14,16,27H,10-13,15H2,1-2H3. The molecular formula is C24H26N2O2S3. The first-order valence-electron chi connectivity index (χ1n) is 10.5. The van der Waals surface area contributed by atoms with E-state index in [1.165, 1.54) is 4.88 Å². The van der Waals surface area contributed by atoms with Gasteiger partial charge in [0.25, 0.3) is 0 Å². The lowest BCUT2D eigenvalue weighted by atomic mass is 10.0. The molecule has 3 aromatic rings. The van der Waals surface area contributed by atoms with Crippen molar-refractivity contribution < 1.29 is 9.90 Å². The van der Waals surface area contributed by atoms with Crippen LogP contribution in [0.2, 0.25) is 0 Å². The van der Waals surface area contributed by atoms with Crippen LogP contribution in [-0.4, -0.2) is 47.0 Å². The smallest absolute Gasteiger partial charge is 0.225 e. The second-order valence-corrected chi connectivity index (χ2v) is 10.9. The van der Waals surface area contributed by atoms with Gasteiger partial charge in [-0.2, -0.15) is 0 Å². The average Bonchev–Trinajstić information content (AvgIpc) is 3.17. The molecule has 1 fully saturated rings. The van der Waals surface area contributed by atoms with E-state index >= 15 is 0 Å². The van der Waals surface area contributed by atoms with E-state index in [0.717, 1.165) is 52.3 Å². The fraction of sp³-hybridized carbons (Fsp3) is 0.333. The Labute approximate surface area is 195 Å². The number of benzene rings is 2. The van der Waals surface area contributed by atoms with Crippen LogP contribution < -0.4 is 0 Å². The van der Waals surface area contributed by atoms with Crippen molar-refractivity contribution in [3.8, 4) is 27.3 Å². The number of piperazine rings is 1. The van der Waals surface area contributed by atoms with Gasteiger partial charge in [0.15, 0.2) is 0 Å². The molecule has 1 N–H and O–H groups in total. The molecule has 7 heteroatoms. The van der Waals surface area contributed by atoms with Gasteiger partial charge in [-0.15, -0.1) is 0 Å². The molecule has 2 aromatic carbocycles. The third kappa shape index (κ3) is 4.90. The van der Waals surface area contributed by atoms with Crippen molar-refractivity contribution in [2.24, 2.45) is 5.92 Å². The highest BCUT2D eigenvalue weighted by Crippen LogP contribution is 2.42. The Kier molecular flexibility index (Phi) is 6.86. The molecule has 0 aliphatic carbocycles. The predicted molar refractivity (Wildman–Crippen MR) is 132 cm³/mol. The maximum atomic E-state index is 12.2. The van der Waals surface area contributed by atoms with Gasteiger partial charge in [-0.3, -0.25) is 9.69 Å². The fourth-order valence-electron chi connectivity index (χ4n) is 3.89. The van der Waals surface area contributed by atoms with Crippen molar-refractivity contribution in [1.82, 2.24) is 9.80 Å². The number of carbonyl (C=O) groups excluding carboxylic acids is 1. The van der Waals surface area contributed by atoms with Crippen LogP contribution in [0.4, 0.5) is 0 Å². The Morgan fingerprint density at radius 1 is 1.03 bits per heavy atom. The third-order valence-corrected chi connectivity index (χ3v) is 8.67. The van der Waals surface area contributed by atoms with E-state index in [9.17, 15) is 9.90 Å². The number of phenolic OH excluding ortho intramolecular Hbond substituents is 1. The van der Waals surface area contributed by atoms with Crippen LogP contribution in [0, 0.1) is 9.74 Å². The monoisotopic (exact) mass is 470 g/mol. The molecule has 2 heterocycles. The number of hydrogen-bond acceptors (Lipinski definition) is 6. The van der Waals surface area contributed by atoms with Crippen LogP contribution in [-0.2, 0) is 11.3 Å². The topological polar surface area (TPSA) is 43.8 Å². The Hall–Kier alpha value is -2.06. The van der Waals surface area contributed by atoms with Crippen molar-refractivity contribution >= 4 is 38.8 Å². The minimum atomic E-state index is 0.0327. The molecule has 31 heavy (non-hydrogen) atoms. The van der Waals surface area contributed by atoms with Gasteiger partial charge >= 0.3 is 0 Å². The number of nitrogens with zero attached hydrogens (tertiary/aromatic N) is 2. The number of rotatable bonds is 5. The van der Waals surface area contributed by atoms with Crippen molar-refractivity contribution in [3.63, 3.8) is 0 Å². The zero-order valence-electron chi connectivity index (χ0n) is 17.7. The van der Waals surface area contributed by atoms with E-state index in [0.29, 0.717) is 12.3 Å². The summed E-state index contributed by atoms with van der Waals surface area (Å²) in [5.74, 6) is 0.551. The summed E-state index contributed by atoms with van der Waals surface area (Å²) in [4.78, 5) is 17.6. The van der Waals surface area contributed by atoms with Gasteiger partial charge in [0, 0.05) is 49.8 Å². The highest BCUT2D eigenvalue weighted by Gasteiger charge is 2.23. The SMILES string of the molecule is CC(C)C(=O)N1CCN(Cc2cc(-c3c(-c4ccccc4)ssc3=S)ccc2O)CC1. The minimum absolute atomic E-state index is 0.0327. The normalized spacial score (nSPS) is 14.9. The van der Waals surface area contributed by atoms with E-state index in [4.69, 9.17) is 12.2 Å². The molecule has 0 unspecified atom stereocenters. The number of phenols is 1. The summed E-state index contributed by atoms with van der Waals surface area (Å²) in [5.41, 5.74) is 4.17. The van der Waals surface area contributed by atoms with Gasteiger partial charge in [0.1, 0.15) is 9.57 Å². The maximum Gasteiger partial charge on any atom is 0.225 e. The molecule has 1 amide bonds. The third-order valence-electron chi connectivity index (χ3n) is 5.61. The number of aromatic hydroxyl groups is 1. The lowest BCUT2D eigenvalue weighted by molar-refractivity contribution is -0.136. The molecule has 1 aliphatic rings. The molecule has 1 aliphatic heterocycles. The van der Waals surface area contributed by atoms with Gasteiger partial charge < -0.3 is 10.0 Å². The highest BCUT2D eigenvalue weighted by molar-refractivity contribution is 7.80. The second-order valence-electron chi connectivity index (χ2n) is 8.12. The highest BCUT2D eigenvalue weighted by atomic mass is 32.9. The first-order valence-corrected chi connectivity index (χ1v) is 13.0. The summed E-state index contributed by atoms with van der Waals surface area (Å²) in [6, 6.07) is 16.1. The van der Waals surface area contributed by atoms with Gasteiger partial charge in [-0.25, -0.2) is 0 Å². The van der Waals surface area contributed by atoms with Crippen LogP contribution in [0.3, 0.4) is 0 Å². The van der Waals surface area contributed by atoms with Crippen LogP contribution >= 0.6 is 32.9 Å². The molecule has 162 valence electrons. The Morgan fingerprint density at radius 3 is 2.42 bits per heavy atom. The van der Waals surface area contributed by atoms with E-state index < -0.39 is 0 Å². The molecule has 0 saturated carbocycles. The van der Waals surface area contributed by atoms with Crippen LogP contribution in [0.15, 0.2) is 48.5 Å². The summed E-state index contributed by atoms with van der Waals surface area (Å²) in [5, 5.41) is 10.5. The van der Waals surface area contributed by atoms with E-state index in [2.05, 4.69) is 23.1 Å². The lowest BCUT2D eigenvalue weighted by Crippen LogP contribution is -2.49. The molecule has 4 nitrogen and oxygen atoms in total. The summed E-state index contributed by atoms with van der Waals surface area (Å²) >= 11 is 5.67. The molecule has 0 spiro atoms. The van der Waals surface area contributed by atoms with E-state index in [1.807, 2.05) is 43.0 Å². The second kappa shape index (κ2) is 9.61.